The van der Waals surface area contributed by atoms with Gasteiger partial charge in [0.25, 0.3) is 0 Å². The molecule has 2 amide bonds. The van der Waals surface area contributed by atoms with Gasteiger partial charge >= 0.3 is 0 Å². The Morgan fingerprint density at radius 1 is 0.667 bits per heavy atom. The van der Waals surface area contributed by atoms with Crippen LogP contribution in [0.1, 0.15) is 33.4 Å². The van der Waals surface area contributed by atoms with E-state index in [1.54, 1.807) is 28.3 Å². The van der Waals surface area contributed by atoms with Crippen LogP contribution in [0.2, 0.25) is 0 Å². The van der Waals surface area contributed by atoms with Crippen molar-refractivity contribution in [2.24, 2.45) is 11.8 Å². The van der Waals surface area contributed by atoms with E-state index in [0.717, 1.165) is 53.5 Å². The molecule has 14 heteroatoms. The quantitative estimate of drug-likeness (QED) is 0.151. The number of hydrogen-bond donors (Lipinski definition) is 2. The van der Waals surface area contributed by atoms with E-state index in [9.17, 15) is 9.59 Å². The number of amides is 2. The van der Waals surface area contributed by atoms with Crippen molar-refractivity contribution in [3.05, 3.63) is 90.9 Å². The van der Waals surface area contributed by atoms with Crippen LogP contribution in [0.3, 0.4) is 0 Å². The smallest absolute Gasteiger partial charge is 0.231 e. The Morgan fingerprint density at radius 3 is 1.41 bits per heavy atom. The van der Waals surface area contributed by atoms with Crippen molar-refractivity contribution >= 4 is 43.7 Å². The highest BCUT2D eigenvalue weighted by Crippen LogP contribution is 2.36. The molecule has 2 aromatic carbocycles. The summed E-state index contributed by atoms with van der Waals surface area (Å²) >= 11 is 7.30. The maximum absolute atomic E-state index is 11.9. The maximum Gasteiger partial charge on any atom is 0.231 e. The first-order valence-electron chi connectivity index (χ1n) is 17.8. The van der Waals surface area contributed by atoms with E-state index >= 15 is 0 Å². The summed E-state index contributed by atoms with van der Waals surface area (Å²) in [5.74, 6) is 2.06. The molecule has 12 nitrogen and oxygen atoms in total. The third-order valence-electron chi connectivity index (χ3n) is 10.2. The number of ether oxygens (including phenoxy) is 4. The highest BCUT2D eigenvalue weighted by molar-refractivity contribution is 9.10. The zero-order chi connectivity index (χ0) is 38.5. The lowest BCUT2D eigenvalue weighted by molar-refractivity contribution is -0.130. The Bertz CT molecular complexity index is 1870. The first-order chi connectivity index (χ1) is 26.0. The average Bonchev–Trinajstić information content (AvgIpc) is 3.13. The third kappa shape index (κ3) is 8.67. The number of carbonyl (C=O) groups excluding carboxylic acids is 2. The lowest BCUT2D eigenvalue weighted by Gasteiger charge is -2.38. The van der Waals surface area contributed by atoms with E-state index < -0.39 is 0 Å². The highest BCUT2D eigenvalue weighted by Gasteiger charge is 2.34. The number of benzene rings is 2. The summed E-state index contributed by atoms with van der Waals surface area (Å²) in [6.45, 7) is 8.91. The molecule has 54 heavy (non-hydrogen) atoms. The molecule has 0 unspecified atom stereocenters. The van der Waals surface area contributed by atoms with Crippen molar-refractivity contribution in [1.29, 1.82) is 0 Å². The van der Waals surface area contributed by atoms with E-state index in [1.165, 1.54) is 0 Å². The fourth-order valence-corrected chi connectivity index (χ4v) is 7.90. The molecule has 0 spiro atoms. The minimum Gasteiger partial charge on any atom is -0.481 e. The maximum atomic E-state index is 11.9. The number of likely N-dealkylation sites (tertiary alicyclic amines) is 2. The van der Waals surface area contributed by atoms with E-state index in [1.807, 2.05) is 24.3 Å². The van der Waals surface area contributed by atoms with Crippen LogP contribution in [0.25, 0.3) is 11.1 Å². The van der Waals surface area contributed by atoms with Gasteiger partial charge in [0.1, 0.15) is 13.2 Å². The first kappa shape index (κ1) is 39.5. The van der Waals surface area contributed by atoms with Crippen LogP contribution in [0.5, 0.6) is 23.5 Å². The molecule has 0 bridgehead atoms. The van der Waals surface area contributed by atoms with Crippen LogP contribution in [0.15, 0.2) is 57.5 Å². The Hall–Kier alpha value is -4.24. The Kier molecular flexibility index (Phi) is 12.8. The largest absolute Gasteiger partial charge is 0.481 e. The number of nitrogens with one attached hydrogen (secondary N) is 2. The average molecular weight is 867 g/mol. The van der Waals surface area contributed by atoms with Gasteiger partial charge in [0.05, 0.1) is 35.0 Å². The number of carbonyl (C=O) groups is 2. The second-order valence-corrected chi connectivity index (χ2v) is 15.4. The van der Waals surface area contributed by atoms with Gasteiger partial charge < -0.3 is 29.6 Å². The molecule has 0 saturated carbocycles. The fraction of sp³-hybridized carbons (Fsp3) is 0.400. The van der Waals surface area contributed by atoms with Crippen LogP contribution < -0.4 is 29.6 Å². The second kappa shape index (κ2) is 17.5. The predicted octanol–water partition coefficient (Wildman–Crippen LogP) is 5.82. The minimum atomic E-state index is 0.0139. The first-order valence-corrected chi connectivity index (χ1v) is 19.4. The van der Waals surface area contributed by atoms with Crippen LogP contribution >= 0.6 is 31.9 Å². The predicted molar refractivity (Wildman–Crippen MR) is 213 cm³/mol. The monoisotopic (exact) mass is 864 g/mol. The van der Waals surface area contributed by atoms with Crippen molar-refractivity contribution < 1.29 is 28.5 Å². The molecular weight excluding hydrogens is 820 g/mol. The molecule has 0 radical (unpaired) electrons. The molecule has 2 aliphatic rings. The summed E-state index contributed by atoms with van der Waals surface area (Å²) < 4.78 is 25.3. The third-order valence-corrected chi connectivity index (χ3v) is 11.3. The number of nitrogens with zero attached hydrogens (tertiary/aromatic N) is 4. The zero-order valence-electron chi connectivity index (χ0n) is 31.4. The van der Waals surface area contributed by atoms with Crippen molar-refractivity contribution in [2.75, 3.05) is 54.5 Å². The number of pyridine rings is 2. The van der Waals surface area contributed by atoms with E-state index in [4.69, 9.17) is 18.9 Å². The number of halogens is 2. The van der Waals surface area contributed by atoms with Gasteiger partial charge in [-0.25, -0.2) is 0 Å². The fourth-order valence-electron chi connectivity index (χ4n) is 6.95. The highest BCUT2D eigenvalue weighted by atomic mass is 79.9. The molecule has 0 atom stereocenters. The SMILES string of the molecule is CNC(=O)C1CN(Cc2cc(Br)c(OCc3cccc(-c4cccc(COc5nc(OC)c(CN6CC(C(=O)NC)C6)cc5Br)c4C)c3C)nc2OC)C1. The number of rotatable bonds is 15. The van der Waals surface area contributed by atoms with E-state index in [-0.39, 0.29) is 23.7 Å². The second-order valence-electron chi connectivity index (χ2n) is 13.7. The number of aromatic nitrogens is 2. The van der Waals surface area contributed by atoms with Crippen LogP contribution in [0.4, 0.5) is 0 Å². The molecule has 2 saturated heterocycles. The molecule has 2 aromatic heterocycles. The number of hydrogen-bond acceptors (Lipinski definition) is 10. The summed E-state index contributed by atoms with van der Waals surface area (Å²) in [6, 6.07) is 16.4. The minimum absolute atomic E-state index is 0.0139. The molecule has 2 N–H and O–H groups in total. The van der Waals surface area contributed by atoms with Gasteiger partial charge in [-0.05, 0) is 91.2 Å². The molecule has 4 heterocycles. The molecule has 2 aliphatic heterocycles. The summed E-state index contributed by atoms with van der Waals surface area (Å²) in [5.41, 5.74) is 8.34. The van der Waals surface area contributed by atoms with Gasteiger partial charge in [-0.2, -0.15) is 9.97 Å². The van der Waals surface area contributed by atoms with Crippen molar-refractivity contribution in [3.8, 4) is 34.6 Å². The summed E-state index contributed by atoms with van der Waals surface area (Å²) in [4.78, 5) is 37.6. The van der Waals surface area contributed by atoms with Crippen molar-refractivity contribution in [2.45, 2.75) is 40.2 Å². The van der Waals surface area contributed by atoms with Crippen LogP contribution in [-0.2, 0) is 35.9 Å². The molecular formula is C40H46Br2N6O6. The number of methoxy groups -OCH3 is 2. The van der Waals surface area contributed by atoms with Crippen LogP contribution in [-0.4, -0.2) is 86.1 Å². The molecule has 286 valence electrons. The summed E-state index contributed by atoms with van der Waals surface area (Å²) in [7, 11) is 6.54. The summed E-state index contributed by atoms with van der Waals surface area (Å²) in [6.07, 6.45) is 0. The Labute approximate surface area is 333 Å². The Morgan fingerprint density at radius 2 is 1.06 bits per heavy atom. The Balaban J connectivity index is 1.11. The topological polar surface area (TPSA) is 127 Å². The van der Waals surface area contributed by atoms with E-state index in [0.29, 0.717) is 76.0 Å². The van der Waals surface area contributed by atoms with Gasteiger partial charge in [-0.3, -0.25) is 19.4 Å². The molecule has 0 aliphatic carbocycles. The van der Waals surface area contributed by atoms with Gasteiger partial charge in [0.15, 0.2) is 0 Å². The van der Waals surface area contributed by atoms with Gasteiger partial charge in [-0.1, -0.05) is 36.4 Å². The summed E-state index contributed by atoms with van der Waals surface area (Å²) in [5, 5.41) is 5.44. The van der Waals surface area contributed by atoms with Crippen molar-refractivity contribution in [3.63, 3.8) is 0 Å². The van der Waals surface area contributed by atoms with Gasteiger partial charge in [0.2, 0.25) is 35.3 Å². The molecule has 2 fully saturated rings. The molecule has 6 rings (SSSR count). The van der Waals surface area contributed by atoms with Gasteiger partial charge in [-0.15, -0.1) is 0 Å². The van der Waals surface area contributed by atoms with Gasteiger partial charge in [0, 0.05) is 64.5 Å². The lowest BCUT2D eigenvalue weighted by atomic mass is 9.92. The van der Waals surface area contributed by atoms with Crippen molar-refractivity contribution in [1.82, 2.24) is 30.4 Å². The lowest BCUT2D eigenvalue weighted by Crippen LogP contribution is -2.52. The standard InChI is InChI=1S/C40H46Br2N6O6/c1-23-25(21-53-39-33(41)13-27(37(45-39)51-5)15-47-17-29(18-47)35(49)43-3)9-7-11-31(23)32-12-8-10-26(24(32)2)22-54-40-34(42)14-28(38(46-40)52-6)16-48-19-30(20-48)36(50)44-4/h7-14,29-30H,15-22H2,1-6H3,(H,43,49)(H,44,50). The van der Waals surface area contributed by atoms with Crippen LogP contribution in [0, 0.1) is 25.7 Å². The normalized spacial score (nSPS) is 14.9. The molecule has 4 aromatic rings. The zero-order valence-corrected chi connectivity index (χ0v) is 34.6. The van der Waals surface area contributed by atoms with E-state index in [2.05, 4.69) is 100 Å².